The molecule has 0 aliphatic carbocycles. The van der Waals surface area contributed by atoms with Crippen LogP contribution in [0.3, 0.4) is 0 Å². The molecule has 0 radical (unpaired) electrons. The fraction of sp³-hybridized carbons (Fsp3) is 1.00. The van der Waals surface area contributed by atoms with Gasteiger partial charge in [-0.15, -0.1) is 0 Å². The molecule has 0 spiro atoms. The standard InChI is InChI=1S/C19H32O9/c20-16(3-1-2-12-5-23-12)18(21)19(28-10-15-8-26-15)17(27-9-14-7-25-14)11-22-4-13-6-24-13/h12-21H,1-11H2. The molecule has 4 saturated heterocycles. The Kier molecular flexibility index (Phi) is 7.54. The lowest BCUT2D eigenvalue weighted by Gasteiger charge is -2.33. The zero-order valence-electron chi connectivity index (χ0n) is 16.1. The Morgan fingerprint density at radius 1 is 0.786 bits per heavy atom. The van der Waals surface area contributed by atoms with Gasteiger partial charge in [0.1, 0.15) is 36.6 Å². The topological polar surface area (TPSA) is 118 Å². The number of rotatable bonds is 17. The molecule has 0 bridgehead atoms. The minimum Gasteiger partial charge on any atom is -0.390 e. The molecule has 28 heavy (non-hydrogen) atoms. The molecule has 0 saturated carbocycles. The number of aliphatic hydroxyl groups excluding tert-OH is 2. The van der Waals surface area contributed by atoms with Crippen LogP contribution in [0.2, 0.25) is 0 Å². The van der Waals surface area contributed by atoms with Crippen molar-refractivity contribution in [2.75, 3.05) is 52.9 Å². The van der Waals surface area contributed by atoms with Crippen molar-refractivity contribution < 1.29 is 43.4 Å². The molecule has 4 aliphatic heterocycles. The summed E-state index contributed by atoms with van der Waals surface area (Å²) in [6.45, 7) is 4.36. The van der Waals surface area contributed by atoms with E-state index in [1.54, 1.807) is 0 Å². The van der Waals surface area contributed by atoms with Crippen molar-refractivity contribution in [2.45, 2.75) is 68.1 Å². The summed E-state index contributed by atoms with van der Waals surface area (Å²) in [5, 5.41) is 21.3. The fourth-order valence-electron chi connectivity index (χ4n) is 3.10. The first-order chi connectivity index (χ1) is 13.7. The Labute approximate surface area is 165 Å². The van der Waals surface area contributed by atoms with Crippen molar-refractivity contribution in [1.82, 2.24) is 0 Å². The van der Waals surface area contributed by atoms with Gasteiger partial charge in [-0.2, -0.15) is 0 Å². The molecule has 4 rings (SSSR count). The van der Waals surface area contributed by atoms with E-state index in [9.17, 15) is 10.2 Å². The van der Waals surface area contributed by atoms with Crippen LogP contribution in [0.1, 0.15) is 19.3 Å². The largest absolute Gasteiger partial charge is 0.390 e. The summed E-state index contributed by atoms with van der Waals surface area (Å²) in [5.41, 5.74) is 0. The first kappa shape index (κ1) is 20.9. The number of epoxide rings is 4. The SMILES string of the molecule is OC(CCCC1CO1)C(O)C(OCC1CO1)C(COCC1CO1)OCC1CO1. The van der Waals surface area contributed by atoms with Crippen LogP contribution in [0, 0.1) is 0 Å². The third-order valence-electron chi connectivity index (χ3n) is 5.29. The smallest absolute Gasteiger partial charge is 0.114 e. The van der Waals surface area contributed by atoms with Crippen molar-refractivity contribution in [2.24, 2.45) is 0 Å². The van der Waals surface area contributed by atoms with Gasteiger partial charge in [0.15, 0.2) is 0 Å². The third kappa shape index (κ3) is 7.47. The number of ether oxygens (including phenoxy) is 7. The summed E-state index contributed by atoms with van der Waals surface area (Å²) >= 11 is 0. The van der Waals surface area contributed by atoms with Gasteiger partial charge < -0.3 is 43.4 Å². The van der Waals surface area contributed by atoms with Gasteiger partial charge in [-0.1, -0.05) is 0 Å². The quantitative estimate of drug-likeness (QED) is 0.302. The zero-order chi connectivity index (χ0) is 19.3. The number of hydrogen-bond donors (Lipinski definition) is 2. The van der Waals surface area contributed by atoms with Crippen molar-refractivity contribution in [1.29, 1.82) is 0 Å². The van der Waals surface area contributed by atoms with E-state index in [0.717, 1.165) is 19.4 Å². The minimum absolute atomic E-state index is 0.0482. The van der Waals surface area contributed by atoms with E-state index in [1.165, 1.54) is 0 Å². The normalized spacial score (nSPS) is 34.5. The van der Waals surface area contributed by atoms with Gasteiger partial charge in [0.05, 0.1) is 65.1 Å². The van der Waals surface area contributed by atoms with Crippen molar-refractivity contribution in [3.05, 3.63) is 0 Å². The van der Waals surface area contributed by atoms with Crippen LogP contribution in [0.15, 0.2) is 0 Å². The molecule has 4 heterocycles. The second-order valence-corrected chi connectivity index (χ2v) is 8.02. The highest BCUT2D eigenvalue weighted by atomic mass is 16.6. The molecule has 0 aromatic rings. The highest BCUT2D eigenvalue weighted by molar-refractivity contribution is 4.86. The first-order valence-electron chi connectivity index (χ1n) is 10.3. The third-order valence-corrected chi connectivity index (χ3v) is 5.29. The van der Waals surface area contributed by atoms with Gasteiger partial charge in [0.2, 0.25) is 0 Å². The van der Waals surface area contributed by atoms with E-state index in [0.29, 0.717) is 52.2 Å². The Balaban J connectivity index is 1.30. The maximum absolute atomic E-state index is 10.8. The van der Waals surface area contributed by atoms with Gasteiger partial charge in [-0.25, -0.2) is 0 Å². The van der Waals surface area contributed by atoms with Gasteiger partial charge in [0, 0.05) is 0 Å². The van der Waals surface area contributed by atoms with Crippen LogP contribution in [-0.4, -0.2) is 112 Å². The first-order valence-corrected chi connectivity index (χ1v) is 10.3. The molecule has 2 N–H and O–H groups in total. The van der Waals surface area contributed by atoms with E-state index in [1.807, 2.05) is 0 Å². The molecule has 9 heteroatoms. The molecular weight excluding hydrogens is 372 g/mol. The van der Waals surface area contributed by atoms with Gasteiger partial charge >= 0.3 is 0 Å². The van der Waals surface area contributed by atoms with Crippen LogP contribution in [-0.2, 0) is 33.2 Å². The monoisotopic (exact) mass is 404 g/mol. The lowest BCUT2D eigenvalue weighted by molar-refractivity contribution is -0.167. The molecule has 9 nitrogen and oxygen atoms in total. The van der Waals surface area contributed by atoms with E-state index < -0.39 is 24.4 Å². The molecule has 4 aliphatic rings. The lowest BCUT2D eigenvalue weighted by atomic mass is 9.98. The Bertz CT molecular complexity index is 462. The van der Waals surface area contributed by atoms with E-state index in [4.69, 9.17) is 33.2 Å². The second kappa shape index (κ2) is 10.1. The second-order valence-electron chi connectivity index (χ2n) is 8.02. The predicted molar refractivity (Wildman–Crippen MR) is 95.1 cm³/mol. The van der Waals surface area contributed by atoms with Crippen molar-refractivity contribution in [3.8, 4) is 0 Å². The lowest BCUT2D eigenvalue weighted by Crippen LogP contribution is -2.50. The Morgan fingerprint density at radius 2 is 1.36 bits per heavy atom. The predicted octanol–water partition coefficient (Wildman–Crippen LogP) is -0.739. The summed E-state index contributed by atoms with van der Waals surface area (Å²) in [6.07, 6.45) is -0.447. The van der Waals surface area contributed by atoms with E-state index in [-0.39, 0.29) is 24.9 Å². The van der Waals surface area contributed by atoms with E-state index in [2.05, 4.69) is 0 Å². The van der Waals surface area contributed by atoms with E-state index >= 15 is 0 Å². The molecule has 0 amide bonds. The van der Waals surface area contributed by atoms with Crippen LogP contribution in [0.5, 0.6) is 0 Å². The summed E-state index contributed by atoms with van der Waals surface area (Å²) < 4.78 is 38.4. The minimum atomic E-state index is -1.08. The fourth-order valence-corrected chi connectivity index (χ4v) is 3.10. The molecule has 4 fully saturated rings. The summed E-state index contributed by atoms with van der Waals surface area (Å²) in [5.74, 6) is 0. The average molecular weight is 404 g/mol. The highest BCUT2D eigenvalue weighted by Crippen LogP contribution is 2.23. The molecule has 8 unspecified atom stereocenters. The average Bonchev–Trinajstić information content (AvgIpc) is 3.54. The summed E-state index contributed by atoms with van der Waals surface area (Å²) in [7, 11) is 0. The summed E-state index contributed by atoms with van der Waals surface area (Å²) in [4.78, 5) is 0. The van der Waals surface area contributed by atoms with Crippen LogP contribution < -0.4 is 0 Å². The van der Waals surface area contributed by atoms with Crippen LogP contribution >= 0.6 is 0 Å². The molecule has 162 valence electrons. The van der Waals surface area contributed by atoms with Gasteiger partial charge in [-0.05, 0) is 19.3 Å². The van der Waals surface area contributed by atoms with Crippen molar-refractivity contribution >= 4 is 0 Å². The molecule has 8 atom stereocenters. The summed E-state index contributed by atoms with van der Waals surface area (Å²) in [6, 6.07) is 0. The van der Waals surface area contributed by atoms with Gasteiger partial charge in [-0.3, -0.25) is 0 Å². The number of hydrogen-bond acceptors (Lipinski definition) is 9. The van der Waals surface area contributed by atoms with Crippen molar-refractivity contribution in [3.63, 3.8) is 0 Å². The van der Waals surface area contributed by atoms with Crippen LogP contribution in [0.25, 0.3) is 0 Å². The number of aliphatic hydroxyl groups is 2. The zero-order valence-corrected chi connectivity index (χ0v) is 16.1. The maximum atomic E-state index is 10.8. The molecular formula is C19H32O9. The molecule has 0 aromatic carbocycles. The molecule has 0 aromatic heterocycles. The highest BCUT2D eigenvalue weighted by Gasteiger charge is 2.38. The Morgan fingerprint density at radius 3 is 1.96 bits per heavy atom. The maximum Gasteiger partial charge on any atom is 0.114 e. The van der Waals surface area contributed by atoms with Gasteiger partial charge in [0.25, 0.3) is 0 Å². The van der Waals surface area contributed by atoms with Crippen LogP contribution in [0.4, 0.5) is 0 Å². The Hall–Kier alpha value is -0.360.